The topological polar surface area (TPSA) is 104 Å². The van der Waals surface area contributed by atoms with Crippen LogP contribution in [0.1, 0.15) is 11.1 Å². The Morgan fingerprint density at radius 2 is 1.74 bits per heavy atom. The highest BCUT2D eigenvalue weighted by molar-refractivity contribution is 6.26. The fourth-order valence-electron chi connectivity index (χ4n) is 2.43. The van der Waals surface area contributed by atoms with Crippen molar-refractivity contribution in [2.75, 3.05) is 0 Å². The number of pyridine rings is 1. The van der Waals surface area contributed by atoms with Gasteiger partial charge in [-0.1, -0.05) is 36.4 Å². The maximum Gasteiger partial charge on any atom is 0.280 e. The van der Waals surface area contributed by atoms with Gasteiger partial charge >= 0.3 is 0 Å². The van der Waals surface area contributed by atoms with Gasteiger partial charge in [-0.15, -0.1) is 0 Å². The fraction of sp³-hybridized carbons (Fsp3) is 0. The number of para-hydroxylation sites is 1. The van der Waals surface area contributed by atoms with E-state index in [1.807, 2.05) is 54.6 Å². The van der Waals surface area contributed by atoms with Crippen molar-refractivity contribution in [3.05, 3.63) is 90.3 Å². The molecule has 0 aliphatic carbocycles. The van der Waals surface area contributed by atoms with Crippen molar-refractivity contribution in [1.82, 2.24) is 4.98 Å². The molecule has 1 aromatic heterocycles. The zero-order chi connectivity index (χ0) is 19.1. The summed E-state index contributed by atoms with van der Waals surface area (Å²) >= 11 is 0. The Morgan fingerprint density at radius 3 is 2.44 bits per heavy atom. The van der Waals surface area contributed by atoms with E-state index in [0.717, 1.165) is 11.3 Å². The molecule has 2 aromatic carbocycles. The maximum atomic E-state index is 12.5. The average molecular weight is 358 g/mol. The van der Waals surface area contributed by atoms with Gasteiger partial charge in [0.05, 0.1) is 5.57 Å². The van der Waals surface area contributed by atoms with Crippen molar-refractivity contribution in [2.24, 2.45) is 16.5 Å². The van der Waals surface area contributed by atoms with E-state index in [-0.39, 0.29) is 5.96 Å². The molecule has 0 unspecified atom stereocenters. The Balaban J connectivity index is 1.96. The summed E-state index contributed by atoms with van der Waals surface area (Å²) in [7, 11) is 0. The minimum absolute atomic E-state index is 0.295. The van der Waals surface area contributed by atoms with Gasteiger partial charge in [0, 0.05) is 18.0 Å². The Labute approximate surface area is 156 Å². The van der Waals surface area contributed by atoms with Crippen molar-refractivity contribution >= 4 is 23.5 Å². The van der Waals surface area contributed by atoms with Gasteiger partial charge in [-0.2, -0.15) is 4.99 Å². The monoisotopic (exact) mass is 358 g/mol. The first-order valence-electron chi connectivity index (χ1n) is 8.21. The van der Waals surface area contributed by atoms with E-state index < -0.39 is 5.91 Å². The second-order valence-electron chi connectivity index (χ2n) is 5.63. The molecule has 0 aliphatic rings. The summed E-state index contributed by atoms with van der Waals surface area (Å²) < 4.78 is 5.84. The van der Waals surface area contributed by atoms with Gasteiger partial charge in [-0.25, -0.2) is 0 Å². The molecule has 6 nitrogen and oxygen atoms in total. The molecule has 3 rings (SSSR count). The Kier molecular flexibility index (Phi) is 5.59. The number of hydrogen-bond acceptors (Lipinski definition) is 3. The van der Waals surface area contributed by atoms with Crippen LogP contribution in [0.4, 0.5) is 0 Å². The Hall–Kier alpha value is -3.93. The average Bonchev–Trinajstić information content (AvgIpc) is 2.67. The molecule has 0 aliphatic heterocycles. The van der Waals surface area contributed by atoms with E-state index in [1.165, 1.54) is 0 Å². The van der Waals surface area contributed by atoms with Crippen molar-refractivity contribution in [1.29, 1.82) is 0 Å². The molecule has 0 saturated heterocycles. The van der Waals surface area contributed by atoms with Crippen LogP contribution in [-0.2, 0) is 4.79 Å². The molecule has 1 heterocycles. The molecule has 0 spiro atoms. The largest absolute Gasteiger partial charge is 0.457 e. The summed E-state index contributed by atoms with van der Waals surface area (Å²) in [6.45, 7) is 0. The predicted octanol–water partition coefficient (Wildman–Crippen LogP) is 3.21. The molecule has 1 amide bonds. The summed E-state index contributed by atoms with van der Waals surface area (Å²) in [4.78, 5) is 20.2. The van der Waals surface area contributed by atoms with Gasteiger partial charge in [-0.05, 0) is 42.0 Å². The highest BCUT2D eigenvalue weighted by Crippen LogP contribution is 2.25. The van der Waals surface area contributed by atoms with Gasteiger partial charge < -0.3 is 16.2 Å². The number of amides is 1. The van der Waals surface area contributed by atoms with Crippen LogP contribution in [0, 0.1) is 0 Å². The first-order valence-corrected chi connectivity index (χ1v) is 8.21. The molecular formula is C21H18N4O2. The van der Waals surface area contributed by atoms with Crippen LogP contribution < -0.4 is 16.2 Å². The van der Waals surface area contributed by atoms with E-state index in [0.29, 0.717) is 16.9 Å². The van der Waals surface area contributed by atoms with E-state index in [1.54, 1.807) is 30.6 Å². The van der Waals surface area contributed by atoms with Crippen LogP contribution in [0.15, 0.2) is 84.1 Å². The summed E-state index contributed by atoms with van der Waals surface area (Å²) in [5.74, 6) is 0.533. The van der Waals surface area contributed by atoms with E-state index in [4.69, 9.17) is 16.2 Å². The van der Waals surface area contributed by atoms with Crippen LogP contribution in [0.2, 0.25) is 0 Å². The molecule has 4 N–H and O–H groups in total. The molecule has 6 heteroatoms. The lowest BCUT2D eigenvalue weighted by atomic mass is 10.0. The molecule has 0 fully saturated rings. The third kappa shape index (κ3) is 5.02. The zero-order valence-corrected chi connectivity index (χ0v) is 14.4. The summed E-state index contributed by atoms with van der Waals surface area (Å²) in [6, 6.07) is 20.3. The van der Waals surface area contributed by atoms with Gasteiger partial charge in [0.1, 0.15) is 11.5 Å². The second-order valence-corrected chi connectivity index (χ2v) is 5.63. The number of carbonyl (C=O) groups is 1. The van der Waals surface area contributed by atoms with Gasteiger partial charge in [0.15, 0.2) is 5.96 Å². The SMILES string of the molecule is NC(N)=NC(=O)/C(=C/c1cccc(Oc2ccccc2)c1)c1cccnc1. The molecule has 134 valence electrons. The number of rotatable bonds is 5. The van der Waals surface area contributed by atoms with Crippen LogP contribution in [0.25, 0.3) is 11.6 Å². The second kappa shape index (κ2) is 8.44. The Morgan fingerprint density at radius 1 is 0.963 bits per heavy atom. The molecule has 27 heavy (non-hydrogen) atoms. The third-order valence-corrected chi connectivity index (χ3v) is 3.58. The number of nitrogens with two attached hydrogens (primary N) is 2. The number of ether oxygens (including phenoxy) is 1. The molecule has 3 aromatic rings. The number of nitrogens with zero attached hydrogens (tertiary/aromatic N) is 2. The van der Waals surface area contributed by atoms with Gasteiger partial charge in [0.2, 0.25) is 0 Å². The number of carbonyl (C=O) groups excluding carboxylic acids is 1. The van der Waals surface area contributed by atoms with Crippen LogP contribution in [-0.4, -0.2) is 16.9 Å². The van der Waals surface area contributed by atoms with Crippen molar-refractivity contribution in [3.8, 4) is 11.5 Å². The molecule has 0 atom stereocenters. The zero-order valence-electron chi connectivity index (χ0n) is 14.4. The Bertz CT molecular complexity index is 979. The van der Waals surface area contributed by atoms with Crippen molar-refractivity contribution in [3.63, 3.8) is 0 Å². The highest BCUT2D eigenvalue weighted by Gasteiger charge is 2.12. The molecule has 0 saturated carbocycles. The smallest absolute Gasteiger partial charge is 0.280 e. The lowest BCUT2D eigenvalue weighted by Crippen LogP contribution is -2.24. The summed E-state index contributed by atoms with van der Waals surface area (Å²) in [6.07, 6.45) is 4.90. The van der Waals surface area contributed by atoms with Gasteiger partial charge in [-0.3, -0.25) is 9.78 Å². The highest BCUT2D eigenvalue weighted by atomic mass is 16.5. The number of guanidine groups is 1. The van der Waals surface area contributed by atoms with Crippen molar-refractivity contribution in [2.45, 2.75) is 0 Å². The molecule has 0 radical (unpaired) electrons. The van der Waals surface area contributed by atoms with Crippen LogP contribution in [0.5, 0.6) is 11.5 Å². The van der Waals surface area contributed by atoms with Crippen molar-refractivity contribution < 1.29 is 9.53 Å². The standard InChI is InChI=1S/C21H18N4O2/c22-21(23)25-20(26)19(16-7-5-11-24-14-16)13-15-6-4-10-18(12-15)27-17-8-2-1-3-9-17/h1-14H,(H4,22,23,25,26)/b19-13+. The first-order chi connectivity index (χ1) is 13.1. The quantitative estimate of drug-likeness (QED) is 0.414. The van der Waals surface area contributed by atoms with Crippen LogP contribution >= 0.6 is 0 Å². The fourth-order valence-corrected chi connectivity index (χ4v) is 2.43. The summed E-state index contributed by atoms with van der Waals surface area (Å²) in [5, 5.41) is 0. The predicted molar refractivity (Wildman–Crippen MR) is 106 cm³/mol. The van der Waals surface area contributed by atoms with E-state index in [2.05, 4.69) is 9.98 Å². The molecule has 0 bridgehead atoms. The summed E-state index contributed by atoms with van der Waals surface area (Å²) in [5.41, 5.74) is 12.4. The third-order valence-electron chi connectivity index (χ3n) is 3.58. The van der Waals surface area contributed by atoms with Crippen LogP contribution in [0.3, 0.4) is 0 Å². The minimum Gasteiger partial charge on any atom is -0.457 e. The number of hydrogen-bond donors (Lipinski definition) is 2. The lowest BCUT2D eigenvalue weighted by molar-refractivity contribution is -0.112. The number of benzene rings is 2. The minimum atomic E-state index is -0.544. The number of aromatic nitrogens is 1. The normalized spacial score (nSPS) is 10.9. The van der Waals surface area contributed by atoms with E-state index in [9.17, 15) is 4.79 Å². The number of aliphatic imine (C=N–C) groups is 1. The van der Waals surface area contributed by atoms with Gasteiger partial charge in [0.25, 0.3) is 5.91 Å². The maximum absolute atomic E-state index is 12.5. The van der Waals surface area contributed by atoms with E-state index >= 15 is 0 Å². The lowest BCUT2D eigenvalue weighted by Gasteiger charge is -2.07. The first kappa shape index (κ1) is 17.9. The molecular weight excluding hydrogens is 340 g/mol.